The van der Waals surface area contributed by atoms with E-state index in [1.165, 1.54) is 0 Å². The third kappa shape index (κ3) is 4.17. The van der Waals surface area contributed by atoms with E-state index in [4.69, 9.17) is 19.0 Å². The first kappa shape index (κ1) is 16.6. The number of carbonyl (C=O) groups excluding carboxylic acids is 2. The number of nitrogens with one attached hydrogen (secondary N) is 1. The minimum Gasteiger partial charge on any atom is -0.455 e. The number of ketones is 1. The highest BCUT2D eigenvalue weighted by Crippen LogP contribution is 2.32. The number of carbonyl (C=O) groups is 2. The predicted molar refractivity (Wildman–Crippen MR) is 86.8 cm³/mol. The highest BCUT2D eigenvalue weighted by molar-refractivity contribution is 5.99. The maximum absolute atomic E-state index is 11.7. The van der Waals surface area contributed by atoms with Crippen LogP contribution in [0.3, 0.4) is 0 Å². The fourth-order valence-electron chi connectivity index (χ4n) is 2.13. The van der Waals surface area contributed by atoms with Crippen molar-refractivity contribution in [3.05, 3.63) is 47.8 Å². The lowest BCUT2D eigenvalue weighted by molar-refractivity contribution is -0.147. The lowest BCUT2D eigenvalue weighted by atomic mass is 10.1. The smallest absolute Gasteiger partial charge is 0.347 e. The van der Waals surface area contributed by atoms with Crippen LogP contribution in [0.5, 0.6) is 11.5 Å². The average Bonchev–Trinajstić information content (AvgIpc) is 3.30. The molecule has 1 aromatic heterocycles. The SMILES string of the molecule is C/C(=N\OCC(=O)OCC(=O)c1ccc[nH]1)c1ccc2c(c1)OCO2. The van der Waals surface area contributed by atoms with Gasteiger partial charge in [0.1, 0.15) is 0 Å². The van der Waals surface area contributed by atoms with Crippen molar-refractivity contribution in [2.45, 2.75) is 6.92 Å². The molecule has 2 aromatic rings. The van der Waals surface area contributed by atoms with Gasteiger partial charge in [-0.1, -0.05) is 5.16 Å². The molecule has 0 fully saturated rings. The second kappa shape index (κ2) is 7.52. The van der Waals surface area contributed by atoms with Crippen LogP contribution in [0.15, 0.2) is 41.7 Å². The quantitative estimate of drug-likeness (QED) is 0.356. The standard InChI is InChI=1S/C17H16N2O6/c1-11(12-4-5-15-16(7-12)24-10-23-15)19-25-9-17(21)22-8-14(20)13-3-2-6-18-13/h2-7,18H,8-10H2,1H3/b19-11+. The number of hydrogen-bond donors (Lipinski definition) is 1. The van der Waals surface area contributed by atoms with Gasteiger partial charge in [-0.05, 0) is 37.3 Å². The number of aromatic amines is 1. The molecule has 0 spiro atoms. The summed E-state index contributed by atoms with van der Waals surface area (Å²) in [5.74, 6) is 0.308. The van der Waals surface area contributed by atoms with E-state index in [9.17, 15) is 9.59 Å². The number of Topliss-reactive ketones (excluding diaryl/α,β-unsaturated/α-hetero) is 1. The second-order valence-corrected chi connectivity index (χ2v) is 5.19. The summed E-state index contributed by atoms with van der Waals surface area (Å²) in [5.41, 5.74) is 1.72. The molecular formula is C17H16N2O6. The zero-order valence-corrected chi connectivity index (χ0v) is 13.5. The van der Waals surface area contributed by atoms with Gasteiger partial charge < -0.3 is 24.0 Å². The van der Waals surface area contributed by atoms with Crippen LogP contribution in [0.4, 0.5) is 0 Å². The third-order valence-electron chi connectivity index (χ3n) is 3.44. The molecule has 0 saturated heterocycles. The van der Waals surface area contributed by atoms with Crippen LogP contribution >= 0.6 is 0 Å². The molecule has 0 saturated carbocycles. The van der Waals surface area contributed by atoms with Crippen LogP contribution < -0.4 is 9.47 Å². The minimum atomic E-state index is -0.679. The topological polar surface area (TPSA) is 99.2 Å². The largest absolute Gasteiger partial charge is 0.455 e. The summed E-state index contributed by atoms with van der Waals surface area (Å²) in [6.45, 7) is 1.18. The number of fused-ring (bicyclic) bond motifs is 1. The van der Waals surface area contributed by atoms with Crippen LogP contribution in [-0.4, -0.2) is 42.5 Å². The number of hydrogen-bond acceptors (Lipinski definition) is 7. The molecule has 0 atom stereocenters. The van der Waals surface area contributed by atoms with Gasteiger partial charge in [0.2, 0.25) is 19.2 Å². The Hall–Kier alpha value is -3.29. The molecule has 0 amide bonds. The van der Waals surface area contributed by atoms with Crippen molar-refractivity contribution in [3.63, 3.8) is 0 Å². The van der Waals surface area contributed by atoms with E-state index in [0.717, 1.165) is 5.56 Å². The van der Waals surface area contributed by atoms with E-state index in [0.29, 0.717) is 22.9 Å². The normalized spacial score (nSPS) is 12.8. The minimum absolute atomic E-state index is 0.193. The van der Waals surface area contributed by atoms with Crippen LogP contribution in [0.25, 0.3) is 0 Å². The molecule has 0 aliphatic carbocycles. The number of ether oxygens (including phenoxy) is 3. The third-order valence-corrected chi connectivity index (χ3v) is 3.44. The number of rotatable bonds is 7. The molecule has 0 unspecified atom stereocenters. The van der Waals surface area contributed by atoms with E-state index in [-0.39, 0.29) is 25.8 Å². The highest BCUT2D eigenvalue weighted by Gasteiger charge is 2.14. The zero-order chi connectivity index (χ0) is 17.6. The second-order valence-electron chi connectivity index (χ2n) is 5.19. The Labute approximate surface area is 143 Å². The Morgan fingerprint density at radius 3 is 2.84 bits per heavy atom. The number of esters is 1. The van der Waals surface area contributed by atoms with Gasteiger partial charge in [-0.3, -0.25) is 4.79 Å². The maximum Gasteiger partial charge on any atom is 0.347 e. The fraction of sp³-hybridized carbons (Fsp3) is 0.235. The van der Waals surface area contributed by atoms with Crippen LogP contribution in [-0.2, 0) is 14.4 Å². The fourth-order valence-corrected chi connectivity index (χ4v) is 2.13. The number of H-pyrrole nitrogens is 1. The van der Waals surface area contributed by atoms with Gasteiger partial charge in [-0.2, -0.15) is 0 Å². The van der Waals surface area contributed by atoms with Crippen molar-refractivity contribution in [3.8, 4) is 11.5 Å². The van der Waals surface area contributed by atoms with E-state index >= 15 is 0 Å². The van der Waals surface area contributed by atoms with Gasteiger partial charge in [0, 0.05) is 11.8 Å². The van der Waals surface area contributed by atoms with Crippen molar-refractivity contribution < 1.29 is 28.6 Å². The first-order chi connectivity index (χ1) is 12.1. The molecular weight excluding hydrogens is 328 g/mol. The van der Waals surface area contributed by atoms with E-state index in [1.807, 2.05) is 6.07 Å². The van der Waals surface area contributed by atoms with Crippen molar-refractivity contribution in [1.82, 2.24) is 4.98 Å². The van der Waals surface area contributed by atoms with Gasteiger partial charge in [0.15, 0.2) is 18.1 Å². The summed E-state index contributed by atoms with van der Waals surface area (Å²) >= 11 is 0. The summed E-state index contributed by atoms with van der Waals surface area (Å²) < 4.78 is 15.4. The Morgan fingerprint density at radius 1 is 1.20 bits per heavy atom. The average molecular weight is 344 g/mol. The summed E-state index contributed by atoms with van der Waals surface area (Å²) in [4.78, 5) is 31.0. The Kier molecular flexibility index (Phi) is 4.98. The van der Waals surface area contributed by atoms with Gasteiger partial charge >= 0.3 is 5.97 Å². The summed E-state index contributed by atoms with van der Waals surface area (Å²) in [7, 11) is 0. The summed E-state index contributed by atoms with van der Waals surface area (Å²) in [6.07, 6.45) is 1.62. The Balaban J connectivity index is 1.45. The summed E-state index contributed by atoms with van der Waals surface area (Å²) in [6, 6.07) is 8.65. The van der Waals surface area contributed by atoms with E-state index in [1.54, 1.807) is 37.4 Å². The highest BCUT2D eigenvalue weighted by atomic mass is 16.7. The van der Waals surface area contributed by atoms with E-state index in [2.05, 4.69) is 10.1 Å². The number of benzene rings is 1. The maximum atomic E-state index is 11.7. The van der Waals surface area contributed by atoms with E-state index < -0.39 is 5.97 Å². The van der Waals surface area contributed by atoms with Crippen LogP contribution in [0, 0.1) is 0 Å². The molecule has 1 aliphatic heterocycles. The first-order valence-corrected chi connectivity index (χ1v) is 7.52. The van der Waals surface area contributed by atoms with Crippen molar-refractivity contribution in [2.24, 2.45) is 5.16 Å². The molecule has 2 heterocycles. The van der Waals surface area contributed by atoms with Crippen LogP contribution in [0.1, 0.15) is 23.0 Å². The lowest BCUT2D eigenvalue weighted by Crippen LogP contribution is -2.17. The van der Waals surface area contributed by atoms with Gasteiger partial charge in [-0.15, -0.1) is 0 Å². The molecule has 0 radical (unpaired) electrons. The molecule has 130 valence electrons. The molecule has 1 aliphatic rings. The van der Waals surface area contributed by atoms with Crippen molar-refractivity contribution in [1.29, 1.82) is 0 Å². The van der Waals surface area contributed by atoms with Gasteiger partial charge in [0.25, 0.3) is 0 Å². The van der Waals surface area contributed by atoms with Crippen molar-refractivity contribution in [2.75, 3.05) is 20.0 Å². The van der Waals surface area contributed by atoms with Crippen LogP contribution in [0.2, 0.25) is 0 Å². The first-order valence-electron chi connectivity index (χ1n) is 7.52. The molecule has 1 N–H and O–H groups in total. The predicted octanol–water partition coefficient (Wildman–Crippen LogP) is 1.91. The number of oxime groups is 1. The summed E-state index contributed by atoms with van der Waals surface area (Å²) in [5, 5.41) is 3.87. The Bertz CT molecular complexity index is 797. The monoisotopic (exact) mass is 344 g/mol. The molecule has 0 bridgehead atoms. The molecule has 8 nitrogen and oxygen atoms in total. The molecule has 1 aromatic carbocycles. The Morgan fingerprint density at radius 2 is 2.04 bits per heavy atom. The van der Waals surface area contributed by atoms with Crippen molar-refractivity contribution >= 4 is 17.5 Å². The molecule has 8 heteroatoms. The van der Waals surface area contributed by atoms with Gasteiger partial charge in [0.05, 0.1) is 11.4 Å². The molecule has 25 heavy (non-hydrogen) atoms. The number of aromatic nitrogens is 1. The lowest BCUT2D eigenvalue weighted by Gasteiger charge is -2.04. The molecule has 3 rings (SSSR count). The number of nitrogens with zero attached hydrogens (tertiary/aromatic N) is 1. The van der Waals surface area contributed by atoms with Gasteiger partial charge in [-0.25, -0.2) is 4.79 Å². The zero-order valence-electron chi connectivity index (χ0n) is 13.5.